The number of nitrogens with one attached hydrogen (secondary N) is 1. The molecule has 2 heterocycles. The van der Waals surface area contributed by atoms with Crippen molar-refractivity contribution in [2.45, 2.75) is 0 Å². The van der Waals surface area contributed by atoms with Crippen molar-refractivity contribution in [1.29, 1.82) is 0 Å². The van der Waals surface area contributed by atoms with Gasteiger partial charge in [-0.25, -0.2) is 4.98 Å². The Balaban J connectivity index is 1.99. The minimum Gasteiger partial charge on any atom is -0.307 e. The molecule has 92 valence electrons. The van der Waals surface area contributed by atoms with Crippen LogP contribution in [0.4, 0.5) is 5.82 Å². The first-order valence-electron chi connectivity index (χ1n) is 5.24. The number of hydrogen-bond donors (Lipinski definition) is 1. The molecule has 1 amide bonds. The molecule has 0 aliphatic heterocycles. The zero-order valence-corrected chi connectivity index (χ0v) is 10.4. The van der Waals surface area contributed by atoms with Crippen LogP contribution in [0.15, 0.2) is 36.7 Å². The molecule has 0 saturated heterocycles. The van der Waals surface area contributed by atoms with Crippen LogP contribution in [0, 0.1) is 0 Å². The van der Waals surface area contributed by atoms with Gasteiger partial charge >= 0.3 is 0 Å². The number of amides is 1. The molecule has 1 N–H and O–H groups in total. The summed E-state index contributed by atoms with van der Waals surface area (Å²) in [7, 11) is 1.80. The smallest absolute Gasteiger partial charge is 0.249 e. The molecule has 0 unspecified atom stereocenters. The van der Waals surface area contributed by atoms with Crippen molar-refractivity contribution in [3.8, 4) is 0 Å². The lowest BCUT2D eigenvalue weighted by Gasteiger charge is -2.00. The summed E-state index contributed by atoms with van der Waals surface area (Å²) in [4.78, 5) is 15.6. The molecule has 18 heavy (non-hydrogen) atoms. The molecule has 5 nitrogen and oxygen atoms in total. The van der Waals surface area contributed by atoms with E-state index in [0.717, 1.165) is 5.69 Å². The van der Waals surface area contributed by atoms with E-state index in [1.54, 1.807) is 36.1 Å². The van der Waals surface area contributed by atoms with Gasteiger partial charge < -0.3 is 5.32 Å². The molecular weight excluding hydrogens is 252 g/mol. The van der Waals surface area contributed by atoms with E-state index >= 15 is 0 Å². The van der Waals surface area contributed by atoms with E-state index in [4.69, 9.17) is 11.6 Å². The van der Waals surface area contributed by atoms with Gasteiger partial charge in [-0.05, 0) is 24.3 Å². The molecule has 0 aliphatic rings. The normalized spacial score (nSPS) is 10.8. The van der Waals surface area contributed by atoms with E-state index in [0.29, 0.717) is 10.8 Å². The van der Waals surface area contributed by atoms with Crippen molar-refractivity contribution in [1.82, 2.24) is 14.8 Å². The number of aromatic nitrogens is 3. The quantitative estimate of drug-likeness (QED) is 0.862. The minimum atomic E-state index is -0.258. The zero-order valence-electron chi connectivity index (χ0n) is 9.67. The summed E-state index contributed by atoms with van der Waals surface area (Å²) in [6.45, 7) is 0. The summed E-state index contributed by atoms with van der Waals surface area (Å²) in [5.41, 5.74) is 0.842. The van der Waals surface area contributed by atoms with Crippen molar-refractivity contribution in [3.05, 3.63) is 47.4 Å². The number of pyridine rings is 1. The highest BCUT2D eigenvalue weighted by atomic mass is 35.5. The van der Waals surface area contributed by atoms with Crippen molar-refractivity contribution < 1.29 is 4.79 Å². The molecular formula is C12H11ClN4O. The molecule has 0 aromatic carbocycles. The molecule has 0 fully saturated rings. The Morgan fingerprint density at radius 1 is 1.44 bits per heavy atom. The van der Waals surface area contributed by atoms with Crippen molar-refractivity contribution in [2.24, 2.45) is 7.05 Å². The second-order valence-corrected chi connectivity index (χ2v) is 4.00. The number of carbonyl (C=O) groups is 1. The summed E-state index contributed by atoms with van der Waals surface area (Å²) in [5, 5.41) is 7.15. The molecule has 2 aromatic heterocycles. The fourth-order valence-corrected chi connectivity index (χ4v) is 1.44. The van der Waals surface area contributed by atoms with Crippen LogP contribution in [-0.4, -0.2) is 20.7 Å². The van der Waals surface area contributed by atoms with Crippen LogP contribution < -0.4 is 5.32 Å². The van der Waals surface area contributed by atoms with E-state index in [2.05, 4.69) is 15.4 Å². The van der Waals surface area contributed by atoms with Gasteiger partial charge in [-0.1, -0.05) is 11.6 Å². The molecule has 2 rings (SSSR count). The molecule has 0 spiro atoms. The van der Waals surface area contributed by atoms with E-state index in [9.17, 15) is 4.79 Å². The van der Waals surface area contributed by atoms with Crippen LogP contribution in [-0.2, 0) is 11.8 Å². The highest BCUT2D eigenvalue weighted by Crippen LogP contribution is 2.09. The Bertz CT molecular complexity index is 574. The predicted octanol–water partition coefficient (Wildman–Crippen LogP) is 2.12. The second-order valence-electron chi connectivity index (χ2n) is 3.56. The number of rotatable bonds is 3. The SMILES string of the molecule is Cn1nccc1/C=C/C(=O)Nc1ccc(Cl)cn1. The number of hydrogen-bond acceptors (Lipinski definition) is 3. The Labute approximate surface area is 109 Å². The van der Waals surface area contributed by atoms with Crippen molar-refractivity contribution >= 4 is 29.4 Å². The van der Waals surface area contributed by atoms with Crippen LogP contribution in [0.25, 0.3) is 6.08 Å². The Morgan fingerprint density at radius 3 is 2.89 bits per heavy atom. The largest absolute Gasteiger partial charge is 0.307 e. The maximum Gasteiger partial charge on any atom is 0.249 e. The third-order valence-electron chi connectivity index (χ3n) is 2.24. The summed E-state index contributed by atoms with van der Waals surface area (Å²) < 4.78 is 1.67. The van der Waals surface area contributed by atoms with Crippen LogP contribution in [0.1, 0.15) is 5.69 Å². The predicted molar refractivity (Wildman–Crippen MR) is 70.1 cm³/mol. The van der Waals surface area contributed by atoms with Crippen LogP contribution in [0.2, 0.25) is 5.02 Å². The Kier molecular flexibility index (Phi) is 3.74. The minimum absolute atomic E-state index is 0.258. The van der Waals surface area contributed by atoms with E-state index in [1.807, 2.05) is 6.07 Å². The van der Waals surface area contributed by atoms with E-state index in [1.165, 1.54) is 12.3 Å². The Morgan fingerprint density at radius 2 is 2.28 bits per heavy atom. The maximum atomic E-state index is 11.6. The van der Waals surface area contributed by atoms with Gasteiger partial charge in [0.2, 0.25) is 5.91 Å². The average molecular weight is 263 g/mol. The summed E-state index contributed by atoms with van der Waals surface area (Å²) in [6, 6.07) is 5.11. The molecule has 2 aromatic rings. The number of carbonyl (C=O) groups excluding carboxylic acids is 1. The van der Waals surface area contributed by atoms with Crippen LogP contribution >= 0.6 is 11.6 Å². The van der Waals surface area contributed by atoms with Crippen molar-refractivity contribution in [2.75, 3.05) is 5.32 Å². The molecule has 6 heteroatoms. The van der Waals surface area contributed by atoms with Gasteiger partial charge in [0.15, 0.2) is 0 Å². The van der Waals surface area contributed by atoms with Gasteiger partial charge in [0.1, 0.15) is 5.82 Å². The lowest BCUT2D eigenvalue weighted by atomic mass is 10.3. The van der Waals surface area contributed by atoms with Gasteiger partial charge in [-0.2, -0.15) is 5.10 Å². The third-order valence-corrected chi connectivity index (χ3v) is 2.47. The molecule has 0 aliphatic carbocycles. The molecule has 0 atom stereocenters. The first-order valence-corrected chi connectivity index (χ1v) is 5.61. The van der Waals surface area contributed by atoms with E-state index in [-0.39, 0.29) is 5.91 Å². The maximum absolute atomic E-state index is 11.6. The Hall–Kier alpha value is -2.14. The first kappa shape index (κ1) is 12.3. The van der Waals surface area contributed by atoms with Crippen LogP contribution in [0.3, 0.4) is 0 Å². The number of nitrogens with zero attached hydrogens (tertiary/aromatic N) is 3. The van der Waals surface area contributed by atoms with Gasteiger partial charge in [-0.15, -0.1) is 0 Å². The summed E-state index contributed by atoms with van der Waals surface area (Å²) in [5.74, 6) is 0.199. The fourth-order valence-electron chi connectivity index (χ4n) is 1.33. The monoisotopic (exact) mass is 262 g/mol. The second kappa shape index (κ2) is 5.46. The van der Waals surface area contributed by atoms with Gasteiger partial charge in [0.25, 0.3) is 0 Å². The first-order chi connectivity index (χ1) is 8.65. The molecule has 0 saturated carbocycles. The number of halogens is 1. The van der Waals surface area contributed by atoms with Gasteiger partial charge in [-0.3, -0.25) is 9.48 Å². The average Bonchev–Trinajstić information content (AvgIpc) is 2.75. The fraction of sp³-hybridized carbons (Fsp3) is 0.0833. The van der Waals surface area contributed by atoms with Crippen molar-refractivity contribution in [3.63, 3.8) is 0 Å². The standard InChI is InChI=1S/C12H11ClN4O/c1-17-10(6-7-15-17)3-5-12(18)16-11-4-2-9(13)8-14-11/h2-8H,1H3,(H,14,16,18)/b5-3+. The number of aryl methyl sites for hydroxylation is 1. The molecule has 0 radical (unpaired) electrons. The highest BCUT2D eigenvalue weighted by Gasteiger charge is 1.99. The highest BCUT2D eigenvalue weighted by molar-refractivity contribution is 6.30. The van der Waals surface area contributed by atoms with E-state index < -0.39 is 0 Å². The van der Waals surface area contributed by atoms with Gasteiger partial charge in [0.05, 0.1) is 10.7 Å². The molecule has 0 bridgehead atoms. The van der Waals surface area contributed by atoms with Gasteiger partial charge in [0, 0.05) is 25.5 Å². The topological polar surface area (TPSA) is 59.8 Å². The lowest BCUT2D eigenvalue weighted by Crippen LogP contribution is -2.09. The van der Waals surface area contributed by atoms with Crippen LogP contribution in [0.5, 0.6) is 0 Å². The third kappa shape index (κ3) is 3.18. The number of anilines is 1. The summed E-state index contributed by atoms with van der Waals surface area (Å²) in [6.07, 6.45) is 6.24. The summed E-state index contributed by atoms with van der Waals surface area (Å²) >= 11 is 5.70. The zero-order chi connectivity index (χ0) is 13.0. The lowest BCUT2D eigenvalue weighted by molar-refractivity contribution is -0.111.